The van der Waals surface area contributed by atoms with E-state index in [1.807, 2.05) is 6.92 Å². The van der Waals surface area contributed by atoms with Crippen LogP contribution in [0.2, 0.25) is 0 Å². The first-order valence-electron chi connectivity index (χ1n) is 7.98. The Balaban J connectivity index is 2.07. The summed E-state index contributed by atoms with van der Waals surface area (Å²) in [5.41, 5.74) is 1.07. The second-order valence-electron chi connectivity index (χ2n) is 5.65. The van der Waals surface area contributed by atoms with Crippen molar-refractivity contribution in [2.24, 2.45) is 7.05 Å². The van der Waals surface area contributed by atoms with Crippen LogP contribution < -0.4 is 4.74 Å². The van der Waals surface area contributed by atoms with E-state index in [2.05, 4.69) is 0 Å². The Morgan fingerprint density at radius 2 is 1.76 bits per heavy atom. The maximum Gasteiger partial charge on any atom is 0.355 e. The van der Waals surface area contributed by atoms with Gasteiger partial charge in [0.15, 0.2) is 11.9 Å². The van der Waals surface area contributed by atoms with Gasteiger partial charge in [-0.2, -0.15) is 0 Å². The number of benzene rings is 1. The number of esters is 1. The predicted octanol–water partition coefficient (Wildman–Crippen LogP) is 3.05. The molecule has 132 valence electrons. The Kier molecular flexibility index (Phi) is 5.75. The molecule has 6 nitrogen and oxygen atoms in total. The van der Waals surface area contributed by atoms with E-state index in [4.69, 9.17) is 9.47 Å². The maximum atomic E-state index is 12.4. The highest BCUT2D eigenvalue weighted by molar-refractivity contribution is 6.02. The number of nitrogens with zero attached hydrogens (tertiary/aromatic N) is 1. The second-order valence-corrected chi connectivity index (χ2v) is 5.65. The van der Waals surface area contributed by atoms with Gasteiger partial charge in [0.2, 0.25) is 5.78 Å². The summed E-state index contributed by atoms with van der Waals surface area (Å²) in [4.78, 5) is 36.1. The molecule has 0 N–H and O–H groups in total. The summed E-state index contributed by atoms with van der Waals surface area (Å²) < 4.78 is 12.1. The van der Waals surface area contributed by atoms with Crippen LogP contribution in [0, 0.1) is 0 Å². The third kappa shape index (κ3) is 4.35. The van der Waals surface area contributed by atoms with Crippen molar-refractivity contribution in [3.05, 3.63) is 53.3 Å². The van der Waals surface area contributed by atoms with Gasteiger partial charge in [-0.3, -0.25) is 9.59 Å². The van der Waals surface area contributed by atoms with Crippen molar-refractivity contribution in [1.82, 2.24) is 4.57 Å². The van der Waals surface area contributed by atoms with Gasteiger partial charge in [-0.15, -0.1) is 0 Å². The van der Waals surface area contributed by atoms with Crippen molar-refractivity contribution in [2.75, 3.05) is 6.61 Å². The number of ether oxygens (including phenoxy) is 2. The van der Waals surface area contributed by atoms with Crippen LogP contribution in [0.3, 0.4) is 0 Å². The molecule has 6 heteroatoms. The maximum absolute atomic E-state index is 12.4. The minimum absolute atomic E-state index is 0.145. The summed E-state index contributed by atoms with van der Waals surface area (Å²) in [6.45, 7) is 5.36. The van der Waals surface area contributed by atoms with Gasteiger partial charge in [0, 0.05) is 24.4 Å². The number of ketones is 2. The third-order valence-electron chi connectivity index (χ3n) is 3.72. The first-order chi connectivity index (χ1) is 11.8. The van der Waals surface area contributed by atoms with E-state index in [9.17, 15) is 14.4 Å². The number of aromatic nitrogens is 1. The highest BCUT2D eigenvalue weighted by atomic mass is 16.5. The number of carbonyl (C=O) groups excluding carboxylic acids is 3. The number of hydrogen-bond donors (Lipinski definition) is 0. The predicted molar refractivity (Wildman–Crippen MR) is 92.2 cm³/mol. The lowest BCUT2D eigenvalue weighted by Crippen LogP contribution is -2.25. The second kappa shape index (κ2) is 7.79. The molecule has 1 heterocycles. The average Bonchev–Trinajstić information content (AvgIpc) is 2.97. The first-order valence-corrected chi connectivity index (χ1v) is 7.98. The van der Waals surface area contributed by atoms with Crippen LogP contribution in [0.25, 0.3) is 0 Å². The number of carbonyl (C=O) groups is 3. The van der Waals surface area contributed by atoms with Crippen LogP contribution in [0.1, 0.15) is 52.0 Å². The molecule has 0 aliphatic carbocycles. The minimum atomic E-state index is -0.943. The van der Waals surface area contributed by atoms with Gasteiger partial charge < -0.3 is 14.0 Å². The van der Waals surface area contributed by atoms with Crippen LogP contribution in [-0.4, -0.2) is 34.8 Å². The molecule has 0 radical (unpaired) electrons. The Morgan fingerprint density at radius 3 is 2.28 bits per heavy atom. The highest BCUT2D eigenvalue weighted by Crippen LogP contribution is 2.16. The van der Waals surface area contributed by atoms with Crippen molar-refractivity contribution in [1.29, 1.82) is 0 Å². The number of Topliss-reactive ketones (excluding diaryl/α,β-unsaturated/α-hetero) is 2. The summed E-state index contributed by atoms with van der Waals surface area (Å²) in [6.07, 6.45) is 0.610. The fourth-order valence-electron chi connectivity index (χ4n) is 2.35. The van der Waals surface area contributed by atoms with Gasteiger partial charge in [-0.25, -0.2) is 4.79 Å². The molecular weight excluding hydrogens is 322 g/mol. The van der Waals surface area contributed by atoms with E-state index in [1.165, 1.54) is 24.5 Å². The third-order valence-corrected chi connectivity index (χ3v) is 3.72. The van der Waals surface area contributed by atoms with Gasteiger partial charge in [-0.1, -0.05) is 0 Å². The number of hydrogen-bond acceptors (Lipinski definition) is 5. The molecule has 2 aromatic rings. The van der Waals surface area contributed by atoms with E-state index >= 15 is 0 Å². The number of rotatable bonds is 7. The van der Waals surface area contributed by atoms with Gasteiger partial charge in [0.05, 0.1) is 6.61 Å². The van der Waals surface area contributed by atoms with Gasteiger partial charge in [0.25, 0.3) is 0 Å². The topological polar surface area (TPSA) is 74.6 Å². The number of aryl methyl sites for hydroxylation is 1. The molecule has 0 fully saturated rings. The van der Waals surface area contributed by atoms with Crippen molar-refractivity contribution in [2.45, 2.75) is 26.9 Å². The summed E-state index contributed by atoms with van der Waals surface area (Å²) in [7, 11) is 1.64. The van der Waals surface area contributed by atoms with E-state index in [-0.39, 0.29) is 17.3 Å². The first kappa shape index (κ1) is 18.4. The molecule has 1 aromatic carbocycles. The van der Waals surface area contributed by atoms with E-state index in [0.717, 1.165) is 0 Å². The quantitative estimate of drug-likeness (QED) is 0.570. The summed E-state index contributed by atoms with van der Waals surface area (Å²) >= 11 is 0. The zero-order valence-corrected chi connectivity index (χ0v) is 14.7. The molecule has 2 rings (SSSR count). The Morgan fingerprint density at radius 1 is 1.12 bits per heavy atom. The summed E-state index contributed by atoms with van der Waals surface area (Å²) in [5, 5.41) is 0. The minimum Gasteiger partial charge on any atom is -0.494 e. The lowest BCUT2D eigenvalue weighted by molar-refractivity contribution is 0.0309. The molecule has 1 aromatic heterocycles. The molecule has 0 saturated heterocycles. The Hall–Kier alpha value is -2.89. The molecule has 1 atom stereocenters. The molecule has 0 aliphatic rings. The summed E-state index contributed by atoms with van der Waals surface area (Å²) in [6, 6.07) is 8.12. The normalized spacial score (nSPS) is 11.7. The zero-order valence-electron chi connectivity index (χ0n) is 14.7. The Bertz CT molecular complexity index is 789. The lowest BCUT2D eigenvalue weighted by atomic mass is 10.1. The summed E-state index contributed by atoms with van der Waals surface area (Å²) in [5.74, 6) is -0.434. The van der Waals surface area contributed by atoms with E-state index in [1.54, 1.807) is 37.5 Å². The van der Waals surface area contributed by atoms with Gasteiger partial charge in [-0.05, 0) is 51.1 Å². The standard InChI is InChI=1S/C19H21NO5/c1-5-24-16-8-6-14(7-9-16)18(22)13(3)25-19(23)17-10-15(12(2)21)11-20(17)4/h6-11,13H,5H2,1-4H3/t13-/m0/s1. The Labute approximate surface area is 146 Å². The van der Waals surface area contributed by atoms with Crippen LogP contribution >= 0.6 is 0 Å². The molecule has 0 aliphatic heterocycles. The fourth-order valence-corrected chi connectivity index (χ4v) is 2.35. The van der Waals surface area contributed by atoms with Crippen molar-refractivity contribution in [3.8, 4) is 5.75 Å². The monoisotopic (exact) mass is 343 g/mol. The van der Waals surface area contributed by atoms with Crippen LogP contribution in [0.15, 0.2) is 36.5 Å². The van der Waals surface area contributed by atoms with Crippen molar-refractivity contribution in [3.63, 3.8) is 0 Å². The van der Waals surface area contributed by atoms with Crippen molar-refractivity contribution >= 4 is 17.5 Å². The lowest BCUT2D eigenvalue weighted by Gasteiger charge is -2.13. The van der Waals surface area contributed by atoms with Gasteiger partial charge >= 0.3 is 5.97 Å². The molecule has 0 saturated carbocycles. The van der Waals surface area contributed by atoms with Crippen LogP contribution in [0.5, 0.6) is 5.75 Å². The molecule has 0 unspecified atom stereocenters. The van der Waals surface area contributed by atoms with Crippen LogP contribution in [-0.2, 0) is 11.8 Å². The van der Waals surface area contributed by atoms with Crippen molar-refractivity contribution < 1.29 is 23.9 Å². The zero-order chi connectivity index (χ0) is 18.6. The van der Waals surface area contributed by atoms with E-state index in [0.29, 0.717) is 23.5 Å². The molecule has 25 heavy (non-hydrogen) atoms. The fraction of sp³-hybridized carbons (Fsp3) is 0.316. The largest absolute Gasteiger partial charge is 0.494 e. The molecule has 0 bridgehead atoms. The SMILES string of the molecule is CCOc1ccc(C(=O)[C@H](C)OC(=O)c2cc(C(C)=O)cn2C)cc1. The average molecular weight is 343 g/mol. The van der Waals surface area contributed by atoms with Gasteiger partial charge in [0.1, 0.15) is 11.4 Å². The highest BCUT2D eigenvalue weighted by Gasteiger charge is 2.22. The van der Waals surface area contributed by atoms with E-state index < -0.39 is 12.1 Å². The molecule has 0 amide bonds. The van der Waals surface area contributed by atoms with Crippen LogP contribution in [0.4, 0.5) is 0 Å². The smallest absolute Gasteiger partial charge is 0.355 e. The molecular formula is C19H21NO5. The molecule has 0 spiro atoms.